The summed E-state index contributed by atoms with van der Waals surface area (Å²) in [6.07, 6.45) is 2.18. The summed E-state index contributed by atoms with van der Waals surface area (Å²) in [6.45, 7) is 0.817. The molecular formula is C14H17NO2. The zero-order valence-electron chi connectivity index (χ0n) is 9.78. The number of aliphatic hydroxyl groups is 1. The molecule has 2 N–H and O–H groups in total. The highest BCUT2D eigenvalue weighted by Crippen LogP contribution is 2.41. The maximum absolute atomic E-state index is 11.3. The van der Waals surface area contributed by atoms with Crippen molar-refractivity contribution < 1.29 is 9.90 Å². The number of hydrogen-bond donors (Lipinski definition) is 2. The van der Waals surface area contributed by atoms with Crippen molar-refractivity contribution in [3.05, 3.63) is 35.4 Å². The van der Waals surface area contributed by atoms with Crippen LogP contribution >= 0.6 is 0 Å². The summed E-state index contributed by atoms with van der Waals surface area (Å²) in [7, 11) is 0. The minimum Gasteiger partial charge on any atom is -0.388 e. The summed E-state index contributed by atoms with van der Waals surface area (Å²) >= 11 is 0. The van der Waals surface area contributed by atoms with Crippen LogP contribution in [0.1, 0.15) is 42.9 Å². The largest absolute Gasteiger partial charge is 0.388 e. The van der Waals surface area contributed by atoms with Crippen LogP contribution in [0.15, 0.2) is 24.3 Å². The van der Waals surface area contributed by atoms with Gasteiger partial charge in [0.2, 0.25) is 0 Å². The summed E-state index contributed by atoms with van der Waals surface area (Å²) in [5, 5.41) is 14.1. The Morgan fingerprint density at radius 1 is 1.24 bits per heavy atom. The van der Waals surface area contributed by atoms with Crippen LogP contribution in [-0.4, -0.2) is 16.5 Å². The lowest BCUT2D eigenvalue weighted by Gasteiger charge is -2.37. The highest BCUT2D eigenvalue weighted by atomic mass is 16.3. The number of ketones is 1. The van der Waals surface area contributed by atoms with E-state index in [2.05, 4.69) is 17.4 Å². The summed E-state index contributed by atoms with van der Waals surface area (Å²) in [6, 6.07) is 8.20. The average Bonchev–Trinajstić information content (AvgIpc) is 2.78. The first kappa shape index (κ1) is 10.9. The topological polar surface area (TPSA) is 49.3 Å². The molecule has 3 rings (SSSR count). The number of fused-ring (bicyclic) bond motifs is 1. The summed E-state index contributed by atoms with van der Waals surface area (Å²) in [4.78, 5) is 11.3. The van der Waals surface area contributed by atoms with E-state index in [4.69, 9.17) is 0 Å². The van der Waals surface area contributed by atoms with Crippen molar-refractivity contribution in [3.63, 3.8) is 0 Å². The van der Waals surface area contributed by atoms with Crippen molar-refractivity contribution in [2.24, 2.45) is 0 Å². The Hall–Kier alpha value is -1.19. The second-order valence-corrected chi connectivity index (χ2v) is 5.15. The zero-order chi connectivity index (χ0) is 11.9. The van der Waals surface area contributed by atoms with E-state index in [1.165, 1.54) is 11.1 Å². The third kappa shape index (κ3) is 1.79. The van der Waals surface area contributed by atoms with E-state index in [1.54, 1.807) is 0 Å². The van der Waals surface area contributed by atoms with Gasteiger partial charge in [-0.3, -0.25) is 4.79 Å². The maximum atomic E-state index is 11.3. The summed E-state index contributed by atoms with van der Waals surface area (Å²) < 4.78 is 0. The molecule has 2 aliphatic rings. The van der Waals surface area contributed by atoms with Crippen molar-refractivity contribution in [3.8, 4) is 0 Å². The van der Waals surface area contributed by atoms with Gasteiger partial charge in [-0.25, -0.2) is 0 Å². The Labute approximate surface area is 101 Å². The minimum absolute atomic E-state index is 0.00759. The number of benzene rings is 1. The minimum atomic E-state index is -0.749. The van der Waals surface area contributed by atoms with Crippen LogP contribution in [0.2, 0.25) is 0 Å². The second kappa shape index (κ2) is 3.93. The van der Waals surface area contributed by atoms with Crippen LogP contribution < -0.4 is 5.32 Å². The molecule has 1 atom stereocenters. The normalized spacial score (nSPS) is 26.9. The summed E-state index contributed by atoms with van der Waals surface area (Å²) in [5.41, 5.74) is 1.72. The predicted molar refractivity (Wildman–Crippen MR) is 64.4 cm³/mol. The lowest BCUT2D eigenvalue weighted by Crippen LogP contribution is -2.44. The van der Waals surface area contributed by atoms with E-state index in [9.17, 15) is 9.90 Å². The Kier molecular flexibility index (Phi) is 2.53. The van der Waals surface area contributed by atoms with Crippen LogP contribution in [0.25, 0.3) is 0 Å². The molecule has 1 heterocycles. The molecule has 1 fully saturated rings. The van der Waals surface area contributed by atoms with E-state index >= 15 is 0 Å². The molecule has 0 aromatic heterocycles. The number of Topliss-reactive ketones (excluding diaryl/α,β-unsaturated/α-hetero) is 1. The Balaban J connectivity index is 1.89. The van der Waals surface area contributed by atoms with E-state index in [-0.39, 0.29) is 11.8 Å². The van der Waals surface area contributed by atoms with Gasteiger partial charge in [-0.1, -0.05) is 24.3 Å². The van der Waals surface area contributed by atoms with Crippen molar-refractivity contribution >= 4 is 5.78 Å². The number of hydrogen-bond acceptors (Lipinski definition) is 3. The quantitative estimate of drug-likeness (QED) is 0.773. The molecule has 3 nitrogen and oxygen atoms in total. The lowest BCUT2D eigenvalue weighted by atomic mass is 9.77. The number of rotatable bonds is 1. The van der Waals surface area contributed by atoms with Crippen LogP contribution in [-0.2, 0) is 11.3 Å². The average molecular weight is 231 g/mol. The molecule has 0 bridgehead atoms. The van der Waals surface area contributed by atoms with Crippen molar-refractivity contribution in [2.75, 3.05) is 0 Å². The van der Waals surface area contributed by atoms with E-state index in [1.807, 2.05) is 12.1 Å². The molecule has 90 valence electrons. The van der Waals surface area contributed by atoms with E-state index in [0.717, 1.165) is 6.54 Å². The fourth-order valence-electron chi connectivity index (χ4n) is 3.03. The number of carbonyl (C=O) groups excluding carboxylic acids is 1. The maximum Gasteiger partial charge on any atom is 0.133 e. The van der Waals surface area contributed by atoms with Gasteiger partial charge in [0.15, 0.2) is 0 Å². The van der Waals surface area contributed by atoms with Crippen molar-refractivity contribution in [1.29, 1.82) is 0 Å². The van der Waals surface area contributed by atoms with Gasteiger partial charge in [0.05, 0.1) is 11.6 Å². The number of carbonyl (C=O) groups is 1. The first-order chi connectivity index (χ1) is 8.19. The van der Waals surface area contributed by atoms with Gasteiger partial charge in [-0.05, 0) is 24.0 Å². The Morgan fingerprint density at radius 2 is 1.94 bits per heavy atom. The predicted octanol–water partition coefficient (Wildman–Crippen LogP) is 1.71. The SMILES string of the molecule is O=C1CCC(O)(C2NCc3ccccc32)CC1. The summed E-state index contributed by atoms with van der Waals surface area (Å²) in [5.74, 6) is 0.279. The molecule has 3 heteroatoms. The molecule has 0 amide bonds. The highest BCUT2D eigenvalue weighted by molar-refractivity contribution is 5.79. The fourth-order valence-corrected chi connectivity index (χ4v) is 3.03. The lowest BCUT2D eigenvalue weighted by molar-refractivity contribution is -0.126. The first-order valence-electron chi connectivity index (χ1n) is 6.24. The molecule has 17 heavy (non-hydrogen) atoms. The molecule has 0 radical (unpaired) electrons. The first-order valence-corrected chi connectivity index (χ1v) is 6.24. The fraction of sp³-hybridized carbons (Fsp3) is 0.500. The standard InChI is InChI=1S/C14H17NO2/c16-11-5-7-14(17,8-6-11)13-12-4-2-1-3-10(12)9-15-13/h1-4,13,15,17H,5-9H2. The van der Waals surface area contributed by atoms with Gasteiger partial charge in [-0.2, -0.15) is 0 Å². The zero-order valence-corrected chi connectivity index (χ0v) is 9.78. The third-order valence-electron chi connectivity index (χ3n) is 4.07. The molecular weight excluding hydrogens is 214 g/mol. The van der Waals surface area contributed by atoms with Crippen LogP contribution in [0.5, 0.6) is 0 Å². The Morgan fingerprint density at radius 3 is 2.71 bits per heavy atom. The van der Waals surface area contributed by atoms with Gasteiger partial charge >= 0.3 is 0 Å². The molecule has 0 spiro atoms. The number of nitrogens with one attached hydrogen (secondary N) is 1. The van der Waals surface area contributed by atoms with Crippen molar-refractivity contribution in [2.45, 2.75) is 43.9 Å². The second-order valence-electron chi connectivity index (χ2n) is 5.15. The van der Waals surface area contributed by atoms with Gasteiger partial charge in [0, 0.05) is 19.4 Å². The van der Waals surface area contributed by atoms with E-state index in [0.29, 0.717) is 25.7 Å². The molecule has 1 aromatic carbocycles. The molecule has 1 aliphatic heterocycles. The van der Waals surface area contributed by atoms with Crippen LogP contribution in [0, 0.1) is 0 Å². The molecule has 0 saturated heterocycles. The monoisotopic (exact) mass is 231 g/mol. The molecule has 1 aliphatic carbocycles. The van der Waals surface area contributed by atoms with Crippen LogP contribution in [0.3, 0.4) is 0 Å². The third-order valence-corrected chi connectivity index (χ3v) is 4.07. The Bertz CT molecular complexity index is 445. The molecule has 1 saturated carbocycles. The van der Waals surface area contributed by atoms with Gasteiger partial charge in [0.1, 0.15) is 5.78 Å². The van der Waals surface area contributed by atoms with Crippen LogP contribution in [0.4, 0.5) is 0 Å². The molecule has 1 aromatic rings. The van der Waals surface area contributed by atoms with Gasteiger partial charge in [0.25, 0.3) is 0 Å². The molecule has 1 unspecified atom stereocenters. The smallest absolute Gasteiger partial charge is 0.133 e. The van der Waals surface area contributed by atoms with Gasteiger partial charge in [-0.15, -0.1) is 0 Å². The van der Waals surface area contributed by atoms with Crippen molar-refractivity contribution in [1.82, 2.24) is 5.32 Å². The van der Waals surface area contributed by atoms with Gasteiger partial charge < -0.3 is 10.4 Å². The van der Waals surface area contributed by atoms with E-state index < -0.39 is 5.60 Å². The highest BCUT2D eigenvalue weighted by Gasteiger charge is 2.43.